The van der Waals surface area contributed by atoms with E-state index in [9.17, 15) is 9.59 Å². The molecule has 2 heterocycles. The average molecular weight is 311 g/mol. The zero-order valence-corrected chi connectivity index (χ0v) is 12.5. The number of aromatic nitrogens is 2. The van der Waals surface area contributed by atoms with E-state index < -0.39 is 5.97 Å². The monoisotopic (exact) mass is 311 g/mol. The van der Waals surface area contributed by atoms with E-state index in [0.717, 1.165) is 25.0 Å². The van der Waals surface area contributed by atoms with Crippen LogP contribution in [0.2, 0.25) is 0 Å². The lowest BCUT2D eigenvalue weighted by Gasteiger charge is -2.34. The highest BCUT2D eigenvalue weighted by atomic mass is 16.4. The molecule has 23 heavy (non-hydrogen) atoms. The number of amides is 1. The third kappa shape index (κ3) is 3.36. The number of rotatable bonds is 5. The minimum Gasteiger partial charge on any atom is -0.478 e. The molecule has 1 saturated carbocycles. The summed E-state index contributed by atoms with van der Waals surface area (Å²) >= 11 is 0. The van der Waals surface area contributed by atoms with E-state index >= 15 is 0 Å². The van der Waals surface area contributed by atoms with Crippen LogP contribution in [0.5, 0.6) is 0 Å². The molecule has 1 atom stereocenters. The molecule has 0 aliphatic heterocycles. The number of carbonyl (C=O) groups excluding carboxylic acids is 1. The van der Waals surface area contributed by atoms with E-state index in [0.29, 0.717) is 5.92 Å². The predicted molar refractivity (Wildman–Crippen MR) is 83.0 cm³/mol. The van der Waals surface area contributed by atoms with Crippen LogP contribution in [0.1, 0.15) is 51.7 Å². The van der Waals surface area contributed by atoms with Crippen LogP contribution in [-0.2, 0) is 0 Å². The zero-order valence-electron chi connectivity index (χ0n) is 12.5. The Balaban J connectivity index is 1.81. The third-order valence-corrected chi connectivity index (χ3v) is 4.16. The van der Waals surface area contributed by atoms with Crippen molar-refractivity contribution in [1.82, 2.24) is 15.3 Å². The molecule has 6 nitrogen and oxygen atoms in total. The van der Waals surface area contributed by atoms with Crippen LogP contribution in [0.25, 0.3) is 0 Å². The summed E-state index contributed by atoms with van der Waals surface area (Å²) in [6.07, 6.45) is 7.56. The van der Waals surface area contributed by atoms with Crippen molar-refractivity contribution in [2.24, 2.45) is 5.92 Å². The number of carboxylic acids is 1. The van der Waals surface area contributed by atoms with Crippen LogP contribution in [0.3, 0.4) is 0 Å². The fourth-order valence-corrected chi connectivity index (χ4v) is 2.67. The molecule has 1 fully saturated rings. The molecule has 6 heteroatoms. The summed E-state index contributed by atoms with van der Waals surface area (Å²) < 4.78 is 0. The molecule has 2 aromatic heterocycles. The van der Waals surface area contributed by atoms with Gasteiger partial charge in [-0.15, -0.1) is 0 Å². The highest BCUT2D eigenvalue weighted by Crippen LogP contribution is 2.37. The van der Waals surface area contributed by atoms with Crippen molar-refractivity contribution < 1.29 is 14.7 Å². The molecule has 0 saturated heterocycles. The zero-order chi connectivity index (χ0) is 16.2. The molecule has 0 bridgehead atoms. The highest BCUT2D eigenvalue weighted by molar-refractivity contribution is 5.97. The van der Waals surface area contributed by atoms with Gasteiger partial charge in [-0.3, -0.25) is 14.8 Å². The van der Waals surface area contributed by atoms with Gasteiger partial charge in [-0.05, 0) is 37.0 Å². The Kier molecular flexibility index (Phi) is 4.32. The van der Waals surface area contributed by atoms with Gasteiger partial charge in [-0.2, -0.15) is 0 Å². The molecule has 3 rings (SSSR count). The lowest BCUT2D eigenvalue weighted by atomic mass is 9.78. The van der Waals surface area contributed by atoms with Crippen LogP contribution in [-0.4, -0.2) is 27.0 Å². The molecular formula is C17H17N3O3. The Morgan fingerprint density at radius 2 is 2.00 bits per heavy atom. The number of aromatic carboxylic acids is 1. The second-order valence-corrected chi connectivity index (χ2v) is 5.66. The van der Waals surface area contributed by atoms with Crippen molar-refractivity contribution >= 4 is 11.9 Å². The van der Waals surface area contributed by atoms with E-state index in [1.54, 1.807) is 6.20 Å². The fourth-order valence-electron chi connectivity index (χ4n) is 2.67. The molecule has 118 valence electrons. The van der Waals surface area contributed by atoms with Crippen LogP contribution < -0.4 is 5.32 Å². The first-order valence-electron chi connectivity index (χ1n) is 7.55. The molecular weight excluding hydrogens is 294 g/mol. The van der Waals surface area contributed by atoms with E-state index in [-0.39, 0.29) is 23.1 Å². The molecule has 1 aliphatic rings. The number of pyridine rings is 2. The fraction of sp³-hybridized carbons (Fsp3) is 0.294. The first kappa shape index (κ1) is 15.1. The number of nitrogens with one attached hydrogen (secondary N) is 1. The maximum Gasteiger partial charge on any atom is 0.337 e. The highest BCUT2D eigenvalue weighted by Gasteiger charge is 2.31. The summed E-state index contributed by atoms with van der Waals surface area (Å²) in [5.41, 5.74) is 1.06. The van der Waals surface area contributed by atoms with Gasteiger partial charge in [0.05, 0.1) is 22.9 Å². The van der Waals surface area contributed by atoms with E-state index in [4.69, 9.17) is 5.11 Å². The van der Waals surface area contributed by atoms with Gasteiger partial charge in [0.2, 0.25) is 0 Å². The quantitative estimate of drug-likeness (QED) is 0.885. The number of hydrogen-bond donors (Lipinski definition) is 2. The smallest absolute Gasteiger partial charge is 0.337 e. The standard InChI is InChI=1S/C17H17N3O3/c21-16(12-8-13(17(22)23)10-18-9-12)20-15(11-4-3-5-11)14-6-1-2-7-19-14/h1-2,6-11,15H,3-5H2,(H,20,21)(H,22,23). The van der Waals surface area contributed by atoms with Gasteiger partial charge in [-0.1, -0.05) is 12.5 Å². The summed E-state index contributed by atoms with van der Waals surface area (Å²) in [6, 6.07) is 6.80. The van der Waals surface area contributed by atoms with E-state index in [1.165, 1.54) is 18.5 Å². The van der Waals surface area contributed by atoms with Crippen LogP contribution in [0.15, 0.2) is 42.9 Å². The first-order chi connectivity index (χ1) is 11.1. The van der Waals surface area contributed by atoms with Crippen molar-refractivity contribution in [1.29, 1.82) is 0 Å². The minimum absolute atomic E-state index is 0.00400. The predicted octanol–water partition coefficient (Wildman–Crippen LogP) is 2.45. The Bertz CT molecular complexity index is 714. The van der Waals surface area contributed by atoms with Gasteiger partial charge in [0.1, 0.15) is 0 Å². The van der Waals surface area contributed by atoms with Gasteiger partial charge >= 0.3 is 5.97 Å². The molecule has 1 amide bonds. The average Bonchev–Trinajstić information content (AvgIpc) is 2.53. The van der Waals surface area contributed by atoms with Crippen molar-refractivity contribution in [2.75, 3.05) is 0 Å². The summed E-state index contributed by atoms with van der Waals surface area (Å²) in [6.45, 7) is 0. The van der Waals surface area contributed by atoms with Crippen molar-refractivity contribution in [3.8, 4) is 0 Å². The Morgan fingerprint density at radius 3 is 2.61 bits per heavy atom. The molecule has 2 aromatic rings. The van der Waals surface area contributed by atoms with Gasteiger partial charge in [0, 0.05) is 18.6 Å². The van der Waals surface area contributed by atoms with Crippen LogP contribution in [0, 0.1) is 5.92 Å². The topological polar surface area (TPSA) is 92.2 Å². The molecule has 1 aliphatic carbocycles. The van der Waals surface area contributed by atoms with E-state index in [1.807, 2.05) is 18.2 Å². The largest absolute Gasteiger partial charge is 0.478 e. The van der Waals surface area contributed by atoms with Gasteiger partial charge in [0.25, 0.3) is 5.91 Å². The van der Waals surface area contributed by atoms with Crippen LogP contribution >= 0.6 is 0 Å². The normalized spacial score (nSPS) is 15.5. The lowest BCUT2D eigenvalue weighted by Crippen LogP contribution is -2.36. The number of carbonyl (C=O) groups is 2. The maximum absolute atomic E-state index is 12.5. The molecule has 0 spiro atoms. The second-order valence-electron chi connectivity index (χ2n) is 5.66. The molecule has 2 N–H and O–H groups in total. The summed E-state index contributed by atoms with van der Waals surface area (Å²) in [5.74, 6) is -1.07. The maximum atomic E-state index is 12.5. The SMILES string of the molecule is O=C(O)c1cncc(C(=O)NC(c2ccccn2)C2CCC2)c1. The summed E-state index contributed by atoms with van der Waals surface area (Å²) in [4.78, 5) is 31.7. The molecule has 0 aromatic carbocycles. The summed E-state index contributed by atoms with van der Waals surface area (Å²) in [7, 11) is 0. The number of carboxylic acid groups (broad SMARTS) is 1. The molecule has 1 unspecified atom stereocenters. The van der Waals surface area contributed by atoms with Crippen molar-refractivity contribution in [2.45, 2.75) is 25.3 Å². The van der Waals surface area contributed by atoms with Crippen molar-refractivity contribution in [3.63, 3.8) is 0 Å². The van der Waals surface area contributed by atoms with E-state index in [2.05, 4.69) is 15.3 Å². The second kappa shape index (κ2) is 6.56. The van der Waals surface area contributed by atoms with Gasteiger partial charge in [-0.25, -0.2) is 4.79 Å². The lowest BCUT2D eigenvalue weighted by molar-refractivity contribution is 0.0696. The number of nitrogens with zero attached hydrogens (tertiary/aromatic N) is 2. The third-order valence-electron chi connectivity index (χ3n) is 4.16. The van der Waals surface area contributed by atoms with Crippen LogP contribution in [0.4, 0.5) is 0 Å². The Labute approximate surface area is 133 Å². The molecule has 0 radical (unpaired) electrons. The number of hydrogen-bond acceptors (Lipinski definition) is 4. The van der Waals surface area contributed by atoms with Crippen molar-refractivity contribution in [3.05, 3.63) is 59.7 Å². The Hall–Kier alpha value is -2.76. The first-order valence-corrected chi connectivity index (χ1v) is 7.55. The van der Waals surface area contributed by atoms with Gasteiger partial charge < -0.3 is 10.4 Å². The Morgan fingerprint density at radius 1 is 1.22 bits per heavy atom. The minimum atomic E-state index is -1.10. The summed E-state index contributed by atoms with van der Waals surface area (Å²) in [5, 5.41) is 12.0. The van der Waals surface area contributed by atoms with Gasteiger partial charge in [0.15, 0.2) is 0 Å².